The van der Waals surface area contributed by atoms with Crippen LogP contribution in [-0.2, 0) is 10.0 Å². The van der Waals surface area contributed by atoms with Crippen molar-refractivity contribution >= 4 is 10.0 Å². The topological polar surface area (TPSA) is 58.2 Å². The van der Waals surface area contributed by atoms with Crippen molar-refractivity contribution in [2.75, 3.05) is 19.3 Å². The van der Waals surface area contributed by atoms with E-state index in [2.05, 4.69) is 30.8 Å². The van der Waals surface area contributed by atoms with E-state index in [4.69, 9.17) is 0 Å². The van der Waals surface area contributed by atoms with Crippen LogP contribution in [0, 0.1) is 16.7 Å². The van der Waals surface area contributed by atoms with Crippen LogP contribution in [0.5, 0.6) is 0 Å². The van der Waals surface area contributed by atoms with Gasteiger partial charge in [-0.15, -0.1) is 0 Å². The minimum absolute atomic E-state index is 0.331. The van der Waals surface area contributed by atoms with Crippen LogP contribution in [0.1, 0.15) is 40.0 Å². The fourth-order valence-electron chi connectivity index (χ4n) is 4.26. The van der Waals surface area contributed by atoms with Gasteiger partial charge in [0.25, 0.3) is 0 Å². The molecule has 106 valence electrons. The molecule has 0 aromatic heterocycles. The Balaban J connectivity index is 1.89. The van der Waals surface area contributed by atoms with Gasteiger partial charge in [0.15, 0.2) is 0 Å². The van der Waals surface area contributed by atoms with Crippen molar-refractivity contribution in [1.29, 1.82) is 0 Å². The van der Waals surface area contributed by atoms with Crippen molar-refractivity contribution in [3.63, 3.8) is 0 Å². The average Bonchev–Trinajstić information content (AvgIpc) is 2.66. The minimum Gasteiger partial charge on any atom is -0.312 e. The van der Waals surface area contributed by atoms with Gasteiger partial charge in [-0.1, -0.05) is 20.8 Å². The lowest BCUT2D eigenvalue weighted by Gasteiger charge is -2.43. The molecule has 0 aromatic carbocycles. The summed E-state index contributed by atoms with van der Waals surface area (Å²) in [5.41, 5.74) is 0.733. The molecule has 18 heavy (non-hydrogen) atoms. The maximum absolute atomic E-state index is 11.0. The molecule has 2 bridgehead atoms. The Morgan fingerprint density at radius 3 is 2.39 bits per heavy atom. The fraction of sp³-hybridized carbons (Fsp3) is 1.00. The predicted octanol–water partition coefficient (Wildman–Crippen LogP) is 1.34. The molecule has 0 spiro atoms. The molecule has 1 unspecified atom stereocenters. The standard InChI is InChI=1S/C13H26N2O2S/c1-12(2)10-5-6-13(3,9-10)11(12)14-7-8-15-18(4,16)17/h10-11,14-15H,5-9H2,1-4H3/t10-,11?,13+/m0/s1. The largest absolute Gasteiger partial charge is 0.312 e. The quantitative estimate of drug-likeness (QED) is 0.744. The maximum atomic E-state index is 11.0. The molecular weight excluding hydrogens is 248 g/mol. The van der Waals surface area contributed by atoms with E-state index in [1.807, 2.05) is 0 Å². The highest BCUT2D eigenvalue weighted by molar-refractivity contribution is 7.88. The Morgan fingerprint density at radius 2 is 1.89 bits per heavy atom. The van der Waals surface area contributed by atoms with Crippen LogP contribution in [-0.4, -0.2) is 33.8 Å². The van der Waals surface area contributed by atoms with Crippen LogP contribution in [0.2, 0.25) is 0 Å². The molecule has 0 aromatic rings. The second-order valence-corrected chi connectivity index (χ2v) is 8.80. The molecule has 2 saturated carbocycles. The van der Waals surface area contributed by atoms with Gasteiger partial charge in [-0.3, -0.25) is 0 Å². The fourth-order valence-corrected chi connectivity index (χ4v) is 4.74. The van der Waals surface area contributed by atoms with E-state index in [9.17, 15) is 8.42 Å². The van der Waals surface area contributed by atoms with E-state index in [0.29, 0.717) is 30.0 Å². The summed E-state index contributed by atoms with van der Waals surface area (Å²) in [5.74, 6) is 0.822. The van der Waals surface area contributed by atoms with Crippen molar-refractivity contribution in [1.82, 2.24) is 10.0 Å². The van der Waals surface area contributed by atoms with Crippen LogP contribution in [0.25, 0.3) is 0 Å². The zero-order valence-corrected chi connectivity index (χ0v) is 12.7. The number of hydrogen-bond acceptors (Lipinski definition) is 3. The van der Waals surface area contributed by atoms with Gasteiger partial charge in [0.05, 0.1) is 6.26 Å². The summed E-state index contributed by atoms with van der Waals surface area (Å²) >= 11 is 0. The molecule has 3 atom stereocenters. The van der Waals surface area contributed by atoms with E-state index in [1.54, 1.807) is 0 Å². The zero-order chi connectivity index (χ0) is 13.6. The first-order valence-electron chi connectivity index (χ1n) is 6.83. The van der Waals surface area contributed by atoms with Gasteiger partial charge in [-0.2, -0.15) is 0 Å². The number of hydrogen-bond donors (Lipinski definition) is 2. The van der Waals surface area contributed by atoms with Gasteiger partial charge >= 0.3 is 0 Å². The summed E-state index contributed by atoms with van der Waals surface area (Å²) in [5, 5.41) is 3.59. The van der Waals surface area contributed by atoms with E-state index in [1.165, 1.54) is 25.5 Å². The van der Waals surface area contributed by atoms with Crippen molar-refractivity contribution in [3.05, 3.63) is 0 Å². The summed E-state index contributed by atoms with van der Waals surface area (Å²) in [4.78, 5) is 0. The smallest absolute Gasteiger partial charge is 0.208 e. The van der Waals surface area contributed by atoms with E-state index in [-0.39, 0.29) is 0 Å². The van der Waals surface area contributed by atoms with Gasteiger partial charge in [0.1, 0.15) is 0 Å². The maximum Gasteiger partial charge on any atom is 0.208 e. The molecule has 2 N–H and O–H groups in total. The highest BCUT2D eigenvalue weighted by Crippen LogP contribution is 2.62. The summed E-state index contributed by atoms with van der Waals surface area (Å²) in [6, 6.07) is 0.505. The molecule has 2 aliphatic rings. The molecule has 0 radical (unpaired) electrons. The van der Waals surface area contributed by atoms with Gasteiger partial charge in [0.2, 0.25) is 10.0 Å². The first-order valence-corrected chi connectivity index (χ1v) is 8.72. The second-order valence-electron chi connectivity index (χ2n) is 6.97. The predicted molar refractivity (Wildman–Crippen MR) is 73.9 cm³/mol. The third kappa shape index (κ3) is 2.58. The highest BCUT2D eigenvalue weighted by Gasteiger charge is 2.58. The Morgan fingerprint density at radius 1 is 1.22 bits per heavy atom. The average molecular weight is 274 g/mol. The molecule has 0 amide bonds. The normalized spacial score (nSPS) is 38.2. The van der Waals surface area contributed by atoms with Crippen LogP contribution >= 0.6 is 0 Å². The Kier molecular flexibility index (Phi) is 3.54. The van der Waals surface area contributed by atoms with E-state index in [0.717, 1.165) is 5.92 Å². The summed E-state index contributed by atoms with van der Waals surface area (Å²) < 4.78 is 24.6. The van der Waals surface area contributed by atoms with Gasteiger partial charge in [-0.25, -0.2) is 13.1 Å². The second kappa shape index (κ2) is 4.46. The number of rotatable bonds is 5. The molecule has 0 saturated heterocycles. The lowest BCUT2D eigenvalue weighted by Crippen LogP contribution is -2.51. The Bertz CT molecular complexity index is 414. The lowest BCUT2D eigenvalue weighted by molar-refractivity contribution is 0.110. The number of nitrogens with one attached hydrogen (secondary N) is 2. The first kappa shape index (κ1) is 14.3. The van der Waals surface area contributed by atoms with Crippen LogP contribution in [0.3, 0.4) is 0 Å². The molecule has 0 heterocycles. The van der Waals surface area contributed by atoms with Gasteiger partial charge < -0.3 is 5.32 Å². The van der Waals surface area contributed by atoms with Crippen LogP contribution in [0.15, 0.2) is 0 Å². The SMILES string of the molecule is CC1(C)C(NCCNS(C)(=O)=O)[C@]2(C)CC[C@H]1C2. The van der Waals surface area contributed by atoms with E-state index < -0.39 is 10.0 Å². The van der Waals surface area contributed by atoms with Crippen molar-refractivity contribution in [2.24, 2.45) is 16.7 Å². The summed E-state index contributed by atoms with van der Waals surface area (Å²) in [6.45, 7) is 8.27. The van der Waals surface area contributed by atoms with Crippen molar-refractivity contribution in [3.8, 4) is 0 Å². The lowest BCUT2D eigenvalue weighted by atomic mass is 9.68. The molecule has 4 nitrogen and oxygen atoms in total. The van der Waals surface area contributed by atoms with Crippen LogP contribution < -0.4 is 10.0 Å². The minimum atomic E-state index is -3.06. The Labute approximate surface area is 111 Å². The third-order valence-corrected chi connectivity index (χ3v) is 5.84. The monoisotopic (exact) mass is 274 g/mol. The van der Waals surface area contributed by atoms with E-state index >= 15 is 0 Å². The molecule has 2 fully saturated rings. The van der Waals surface area contributed by atoms with Crippen LogP contribution in [0.4, 0.5) is 0 Å². The van der Waals surface area contributed by atoms with Crippen molar-refractivity contribution in [2.45, 2.75) is 46.1 Å². The zero-order valence-electron chi connectivity index (χ0n) is 11.9. The van der Waals surface area contributed by atoms with Gasteiger partial charge in [0, 0.05) is 19.1 Å². The number of sulfonamides is 1. The first-order chi connectivity index (χ1) is 8.15. The number of fused-ring (bicyclic) bond motifs is 2. The summed E-state index contributed by atoms with van der Waals surface area (Å²) in [7, 11) is -3.06. The molecule has 0 aliphatic heterocycles. The van der Waals surface area contributed by atoms with Gasteiger partial charge in [-0.05, 0) is 36.0 Å². The van der Waals surface area contributed by atoms with Crippen molar-refractivity contribution < 1.29 is 8.42 Å². The Hall–Kier alpha value is -0.130. The third-order valence-electron chi connectivity index (χ3n) is 5.11. The molecule has 2 rings (SSSR count). The molecule has 2 aliphatic carbocycles. The highest BCUT2D eigenvalue weighted by atomic mass is 32.2. The molecular formula is C13H26N2O2S. The molecule has 5 heteroatoms. The summed E-state index contributed by atoms with van der Waals surface area (Å²) in [6.07, 6.45) is 5.18.